The van der Waals surface area contributed by atoms with E-state index in [4.69, 9.17) is 23.2 Å². The molecule has 5 heteroatoms. The molecule has 2 aromatic carbocycles. The van der Waals surface area contributed by atoms with Crippen molar-refractivity contribution in [3.8, 4) is 5.75 Å². The van der Waals surface area contributed by atoms with Crippen LogP contribution in [0.5, 0.6) is 5.75 Å². The van der Waals surface area contributed by atoms with Gasteiger partial charge in [0.15, 0.2) is 0 Å². The van der Waals surface area contributed by atoms with E-state index in [2.05, 4.69) is 9.80 Å². The Morgan fingerprint density at radius 3 is 2.29 bits per heavy atom. The van der Waals surface area contributed by atoms with Crippen LogP contribution in [-0.2, 0) is 0 Å². The second kappa shape index (κ2) is 6.47. The molecule has 2 fully saturated rings. The van der Waals surface area contributed by atoms with E-state index in [-0.39, 0.29) is 0 Å². The smallest absolute Gasteiger partial charge is 0.115 e. The Bertz CT molecular complexity index is 727. The van der Waals surface area contributed by atoms with Crippen LogP contribution in [0.3, 0.4) is 0 Å². The fraction of sp³-hybridized carbons (Fsp3) is 0.368. The van der Waals surface area contributed by atoms with Gasteiger partial charge in [-0.05, 0) is 42.3 Å². The molecule has 1 heterocycles. The molecule has 126 valence electrons. The first-order chi connectivity index (χ1) is 11.6. The Morgan fingerprint density at radius 2 is 1.62 bits per heavy atom. The highest BCUT2D eigenvalue weighted by Gasteiger charge is 2.43. The van der Waals surface area contributed by atoms with E-state index in [1.54, 1.807) is 12.1 Å². The molecular weight excluding hydrogens is 343 g/mol. The summed E-state index contributed by atoms with van der Waals surface area (Å²) in [6, 6.07) is 14.0. The molecule has 0 unspecified atom stereocenters. The SMILES string of the molecule is Oc1ccc([C@H]2C[C@@H]2N2CCN(c3ccc(Cl)cc3Cl)CC2)cc1. The molecule has 1 saturated carbocycles. The molecule has 1 aliphatic carbocycles. The summed E-state index contributed by atoms with van der Waals surface area (Å²) in [5, 5.41) is 10.8. The van der Waals surface area contributed by atoms with Gasteiger partial charge < -0.3 is 10.0 Å². The zero-order chi connectivity index (χ0) is 16.7. The highest BCUT2D eigenvalue weighted by Crippen LogP contribution is 2.45. The fourth-order valence-corrected chi connectivity index (χ4v) is 4.23. The zero-order valence-electron chi connectivity index (χ0n) is 13.3. The Labute approximate surface area is 152 Å². The highest BCUT2D eigenvalue weighted by atomic mass is 35.5. The maximum absolute atomic E-state index is 9.42. The van der Waals surface area contributed by atoms with Crippen LogP contribution in [0.2, 0.25) is 10.0 Å². The number of phenolic OH excluding ortho intramolecular Hbond substituents is 1. The molecule has 0 amide bonds. The van der Waals surface area contributed by atoms with E-state index in [1.165, 1.54) is 12.0 Å². The minimum Gasteiger partial charge on any atom is -0.508 e. The molecule has 0 aromatic heterocycles. The molecule has 0 spiro atoms. The van der Waals surface area contributed by atoms with Gasteiger partial charge in [-0.1, -0.05) is 35.3 Å². The monoisotopic (exact) mass is 362 g/mol. The molecule has 2 aromatic rings. The lowest BCUT2D eigenvalue weighted by atomic mass is 10.1. The van der Waals surface area contributed by atoms with Gasteiger partial charge in [-0.15, -0.1) is 0 Å². The van der Waals surface area contributed by atoms with Gasteiger partial charge in [0.05, 0.1) is 10.7 Å². The van der Waals surface area contributed by atoms with Gasteiger partial charge in [0.1, 0.15) is 5.75 Å². The summed E-state index contributed by atoms with van der Waals surface area (Å²) in [7, 11) is 0. The van der Waals surface area contributed by atoms with Crippen molar-refractivity contribution in [3.05, 3.63) is 58.1 Å². The number of benzene rings is 2. The van der Waals surface area contributed by atoms with Crippen molar-refractivity contribution in [2.24, 2.45) is 0 Å². The van der Waals surface area contributed by atoms with E-state index in [0.29, 0.717) is 22.7 Å². The van der Waals surface area contributed by atoms with Gasteiger partial charge in [0.25, 0.3) is 0 Å². The number of halogens is 2. The van der Waals surface area contributed by atoms with Crippen LogP contribution in [0, 0.1) is 0 Å². The van der Waals surface area contributed by atoms with Gasteiger partial charge >= 0.3 is 0 Å². The molecule has 0 bridgehead atoms. The first-order valence-electron chi connectivity index (χ1n) is 8.35. The number of phenols is 1. The molecule has 0 radical (unpaired) electrons. The third-order valence-corrected chi connectivity index (χ3v) is 5.65. The summed E-state index contributed by atoms with van der Waals surface area (Å²) >= 11 is 12.3. The van der Waals surface area contributed by atoms with Crippen molar-refractivity contribution < 1.29 is 5.11 Å². The summed E-state index contributed by atoms with van der Waals surface area (Å²) in [5.74, 6) is 0.945. The minimum atomic E-state index is 0.337. The predicted molar refractivity (Wildman–Crippen MR) is 99.5 cm³/mol. The van der Waals surface area contributed by atoms with Gasteiger partial charge in [-0.3, -0.25) is 4.90 Å². The molecular formula is C19H20Cl2N2O. The van der Waals surface area contributed by atoms with Crippen molar-refractivity contribution >= 4 is 28.9 Å². The van der Waals surface area contributed by atoms with Crippen LogP contribution in [0.15, 0.2) is 42.5 Å². The van der Waals surface area contributed by atoms with E-state index >= 15 is 0 Å². The number of rotatable bonds is 3. The lowest BCUT2D eigenvalue weighted by Crippen LogP contribution is -2.47. The van der Waals surface area contributed by atoms with Gasteiger partial charge in [0, 0.05) is 43.2 Å². The lowest BCUT2D eigenvalue weighted by molar-refractivity contribution is 0.244. The van der Waals surface area contributed by atoms with Crippen LogP contribution < -0.4 is 4.90 Å². The Hall–Kier alpha value is -1.42. The second-order valence-electron chi connectivity index (χ2n) is 6.62. The molecule has 2 atom stereocenters. The van der Waals surface area contributed by atoms with Crippen molar-refractivity contribution in [1.82, 2.24) is 4.90 Å². The van der Waals surface area contributed by atoms with Gasteiger partial charge in [-0.25, -0.2) is 0 Å². The summed E-state index contributed by atoms with van der Waals surface area (Å²) in [6.45, 7) is 4.08. The van der Waals surface area contributed by atoms with E-state index in [9.17, 15) is 5.11 Å². The van der Waals surface area contributed by atoms with Gasteiger partial charge in [0.2, 0.25) is 0 Å². The maximum atomic E-state index is 9.42. The van der Waals surface area contributed by atoms with E-state index in [0.717, 1.165) is 36.9 Å². The van der Waals surface area contributed by atoms with Crippen LogP contribution in [0.25, 0.3) is 0 Å². The van der Waals surface area contributed by atoms with Gasteiger partial charge in [-0.2, -0.15) is 0 Å². The largest absolute Gasteiger partial charge is 0.508 e. The van der Waals surface area contributed by atoms with Crippen LogP contribution in [-0.4, -0.2) is 42.2 Å². The third kappa shape index (κ3) is 3.21. The number of hydrogen-bond acceptors (Lipinski definition) is 3. The first kappa shape index (κ1) is 16.1. The summed E-state index contributed by atoms with van der Waals surface area (Å²) in [4.78, 5) is 4.92. The topological polar surface area (TPSA) is 26.7 Å². The molecule has 1 N–H and O–H groups in total. The normalized spacial score (nSPS) is 24.2. The lowest BCUT2D eigenvalue weighted by Gasteiger charge is -2.37. The molecule has 4 rings (SSSR count). The quantitative estimate of drug-likeness (QED) is 0.877. The zero-order valence-corrected chi connectivity index (χ0v) is 14.8. The maximum Gasteiger partial charge on any atom is 0.115 e. The number of nitrogens with zero attached hydrogens (tertiary/aromatic N) is 2. The van der Waals surface area contributed by atoms with Crippen LogP contribution in [0.4, 0.5) is 5.69 Å². The summed E-state index contributed by atoms with van der Waals surface area (Å²) in [5.41, 5.74) is 2.41. The average Bonchev–Trinajstić information content (AvgIpc) is 3.36. The van der Waals surface area contributed by atoms with Crippen molar-refractivity contribution in [3.63, 3.8) is 0 Å². The minimum absolute atomic E-state index is 0.337. The van der Waals surface area contributed by atoms with E-state index in [1.807, 2.05) is 30.3 Å². The van der Waals surface area contributed by atoms with Crippen LogP contribution >= 0.6 is 23.2 Å². The number of aromatic hydroxyl groups is 1. The molecule has 2 aliphatic rings. The van der Waals surface area contributed by atoms with Crippen LogP contribution in [0.1, 0.15) is 17.9 Å². The predicted octanol–water partition coefficient (Wildman–Crippen LogP) is 4.38. The first-order valence-corrected chi connectivity index (χ1v) is 9.10. The van der Waals surface area contributed by atoms with Crippen molar-refractivity contribution in [1.29, 1.82) is 0 Å². The molecule has 1 saturated heterocycles. The number of hydrogen-bond donors (Lipinski definition) is 1. The highest BCUT2D eigenvalue weighted by molar-refractivity contribution is 6.36. The average molecular weight is 363 g/mol. The van der Waals surface area contributed by atoms with E-state index < -0.39 is 0 Å². The Kier molecular flexibility index (Phi) is 4.33. The molecule has 3 nitrogen and oxygen atoms in total. The molecule has 1 aliphatic heterocycles. The second-order valence-corrected chi connectivity index (χ2v) is 7.46. The fourth-order valence-electron chi connectivity index (χ4n) is 3.70. The Morgan fingerprint density at radius 1 is 0.917 bits per heavy atom. The third-order valence-electron chi connectivity index (χ3n) is 5.11. The van der Waals surface area contributed by atoms with Crippen molar-refractivity contribution in [2.45, 2.75) is 18.4 Å². The Balaban J connectivity index is 1.36. The standard InChI is InChI=1S/C19H20Cl2N2O/c20-14-3-6-18(17(21)11-14)22-7-9-23(10-8-22)19-12-16(19)13-1-4-15(24)5-2-13/h1-6,11,16,19,24H,7-10,12H2/t16-,19+/m1/s1. The summed E-state index contributed by atoms with van der Waals surface area (Å²) < 4.78 is 0. The number of piperazine rings is 1. The summed E-state index contributed by atoms with van der Waals surface area (Å²) in [6.07, 6.45) is 1.21. The molecule has 24 heavy (non-hydrogen) atoms. The van der Waals surface area contributed by atoms with Crippen molar-refractivity contribution in [2.75, 3.05) is 31.1 Å². The number of anilines is 1.